The Bertz CT molecular complexity index is 811. The van der Waals surface area contributed by atoms with Crippen molar-refractivity contribution < 1.29 is 17.9 Å². The molecule has 0 bridgehead atoms. The molecule has 0 unspecified atom stereocenters. The van der Waals surface area contributed by atoms with E-state index in [9.17, 15) is 13.2 Å². The zero-order valence-corrected chi connectivity index (χ0v) is 11.6. The van der Waals surface area contributed by atoms with E-state index in [-0.39, 0.29) is 11.3 Å². The lowest BCUT2D eigenvalue weighted by Crippen LogP contribution is -2.04. The van der Waals surface area contributed by atoms with Crippen molar-refractivity contribution in [1.29, 1.82) is 10.5 Å². The van der Waals surface area contributed by atoms with E-state index in [1.807, 2.05) is 0 Å². The van der Waals surface area contributed by atoms with Crippen molar-refractivity contribution in [3.05, 3.63) is 65.2 Å². The van der Waals surface area contributed by atoms with E-state index in [1.54, 1.807) is 30.3 Å². The third-order valence-corrected chi connectivity index (χ3v) is 2.81. The summed E-state index contributed by atoms with van der Waals surface area (Å²) in [7, 11) is 0. The molecule has 2 aromatic carbocycles. The van der Waals surface area contributed by atoms with Gasteiger partial charge in [-0.15, -0.1) is 0 Å². The maximum absolute atomic E-state index is 12.7. The monoisotopic (exact) mass is 314 g/mol. The summed E-state index contributed by atoms with van der Waals surface area (Å²) in [5.41, 5.74) is -0.351. The van der Waals surface area contributed by atoms with E-state index in [0.29, 0.717) is 11.3 Å². The number of hydrogen-bond acceptors (Lipinski definition) is 3. The molecule has 0 aliphatic carbocycles. The summed E-state index contributed by atoms with van der Waals surface area (Å²) in [6.45, 7) is 0. The Morgan fingerprint density at radius 2 is 1.57 bits per heavy atom. The Balaban J connectivity index is 2.27. The van der Waals surface area contributed by atoms with Crippen molar-refractivity contribution in [1.82, 2.24) is 0 Å². The van der Waals surface area contributed by atoms with Crippen LogP contribution in [0, 0.1) is 22.7 Å². The van der Waals surface area contributed by atoms with Gasteiger partial charge in [-0.05, 0) is 42.0 Å². The van der Waals surface area contributed by atoms with Gasteiger partial charge in [-0.1, -0.05) is 18.2 Å². The maximum Gasteiger partial charge on any atom is 0.416 e. The molecule has 0 fully saturated rings. The van der Waals surface area contributed by atoms with Crippen molar-refractivity contribution in [2.24, 2.45) is 0 Å². The van der Waals surface area contributed by atoms with Crippen LogP contribution in [-0.4, -0.2) is 0 Å². The molecule has 2 rings (SSSR count). The van der Waals surface area contributed by atoms with Gasteiger partial charge >= 0.3 is 6.18 Å². The van der Waals surface area contributed by atoms with Gasteiger partial charge < -0.3 is 4.74 Å². The van der Waals surface area contributed by atoms with Gasteiger partial charge in [-0.25, -0.2) is 0 Å². The summed E-state index contributed by atoms with van der Waals surface area (Å²) in [5, 5.41) is 17.4. The summed E-state index contributed by atoms with van der Waals surface area (Å²) in [4.78, 5) is 0. The first-order valence-electron chi connectivity index (χ1n) is 6.39. The fraction of sp³-hybridized carbons (Fsp3) is 0.0588. The molecule has 0 spiro atoms. The second-order valence-electron chi connectivity index (χ2n) is 4.48. The molecule has 0 aromatic heterocycles. The number of alkyl halides is 3. The van der Waals surface area contributed by atoms with Crippen LogP contribution in [0.25, 0.3) is 6.08 Å². The number of rotatable bonds is 3. The molecule has 0 amide bonds. The van der Waals surface area contributed by atoms with Gasteiger partial charge in [0.25, 0.3) is 0 Å². The standard InChI is InChI=1S/C17H9F3N2O/c18-17(19,20)14-4-2-6-16(9-14)23-15-5-1-3-12(8-15)7-13(10-21)11-22/h1-9H. The van der Waals surface area contributed by atoms with Crippen molar-refractivity contribution in [3.63, 3.8) is 0 Å². The van der Waals surface area contributed by atoms with Crippen molar-refractivity contribution in [2.45, 2.75) is 6.18 Å². The number of nitriles is 2. The van der Waals surface area contributed by atoms with Gasteiger partial charge in [-0.2, -0.15) is 23.7 Å². The number of ether oxygens (including phenoxy) is 1. The molecule has 6 heteroatoms. The van der Waals surface area contributed by atoms with E-state index in [0.717, 1.165) is 12.1 Å². The highest BCUT2D eigenvalue weighted by atomic mass is 19.4. The Morgan fingerprint density at radius 3 is 2.17 bits per heavy atom. The number of allylic oxidation sites excluding steroid dienone is 1. The third kappa shape index (κ3) is 4.36. The van der Waals surface area contributed by atoms with Crippen LogP contribution in [0.15, 0.2) is 54.1 Å². The lowest BCUT2D eigenvalue weighted by molar-refractivity contribution is -0.137. The zero-order chi connectivity index (χ0) is 16.9. The Hall–Kier alpha value is -3.25. The molecule has 0 saturated carbocycles. The van der Waals surface area contributed by atoms with Crippen molar-refractivity contribution in [2.75, 3.05) is 0 Å². The summed E-state index contributed by atoms with van der Waals surface area (Å²) < 4.78 is 43.4. The predicted octanol–water partition coefficient (Wildman–Crippen LogP) is 4.93. The molecule has 23 heavy (non-hydrogen) atoms. The summed E-state index contributed by atoms with van der Waals surface area (Å²) in [6.07, 6.45) is -3.09. The quantitative estimate of drug-likeness (QED) is 0.755. The lowest BCUT2D eigenvalue weighted by Gasteiger charge is -2.10. The number of hydrogen-bond donors (Lipinski definition) is 0. The van der Waals surface area contributed by atoms with Crippen molar-refractivity contribution in [3.8, 4) is 23.6 Å². The van der Waals surface area contributed by atoms with Gasteiger partial charge in [0, 0.05) is 0 Å². The van der Waals surface area contributed by atoms with Crippen LogP contribution < -0.4 is 4.74 Å². The van der Waals surface area contributed by atoms with Crippen LogP contribution in [-0.2, 0) is 6.18 Å². The average Bonchev–Trinajstić information content (AvgIpc) is 2.52. The van der Waals surface area contributed by atoms with E-state index in [4.69, 9.17) is 15.3 Å². The summed E-state index contributed by atoms with van der Waals surface area (Å²) in [5.74, 6) is 0.343. The molecule has 3 nitrogen and oxygen atoms in total. The fourth-order valence-corrected chi connectivity index (χ4v) is 1.80. The number of nitrogens with zero attached hydrogens (tertiary/aromatic N) is 2. The Labute approximate surface area is 130 Å². The minimum Gasteiger partial charge on any atom is -0.457 e. The molecule has 0 atom stereocenters. The highest BCUT2D eigenvalue weighted by Crippen LogP contribution is 2.32. The lowest BCUT2D eigenvalue weighted by atomic mass is 10.1. The Morgan fingerprint density at radius 1 is 0.957 bits per heavy atom. The summed E-state index contributed by atoms with van der Waals surface area (Å²) >= 11 is 0. The smallest absolute Gasteiger partial charge is 0.416 e. The first-order chi connectivity index (χ1) is 10.9. The predicted molar refractivity (Wildman–Crippen MR) is 77.2 cm³/mol. The molecular formula is C17H9F3N2O. The van der Waals surface area contributed by atoms with Gasteiger partial charge in [-0.3, -0.25) is 0 Å². The van der Waals surface area contributed by atoms with E-state index < -0.39 is 11.7 Å². The SMILES string of the molecule is N#CC(C#N)=Cc1cccc(Oc2cccc(C(F)(F)F)c2)c1. The van der Waals surface area contributed by atoms with Crippen LogP contribution >= 0.6 is 0 Å². The molecule has 0 radical (unpaired) electrons. The van der Waals surface area contributed by atoms with E-state index in [1.165, 1.54) is 24.3 Å². The molecule has 0 N–H and O–H groups in total. The van der Waals surface area contributed by atoms with Gasteiger partial charge in [0.2, 0.25) is 0 Å². The number of halogens is 3. The fourth-order valence-electron chi connectivity index (χ4n) is 1.80. The van der Waals surface area contributed by atoms with Gasteiger partial charge in [0.15, 0.2) is 0 Å². The average molecular weight is 314 g/mol. The highest BCUT2D eigenvalue weighted by Gasteiger charge is 2.30. The minimum absolute atomic E-state index is 0.0433. The van der Waals surface area contributed by atoms with Crippen LogP contribution in [0.5, 0.6) is 11.5 Å². The van der Waals surface area contributed by atoms with Crippen LogP contribution in [0.2, 0.25) is 0 Å². The molecule has 0 aliphatic heterocycles. The van der Waals surface area contributed by atoms with E-state index >= 15 is 0 Å². The number of benzene rings is 2. The largest absolute Gasteiger partial charge is 0.457 e. The van der Waals surface area contributed by atoms with Crippen LogP contribution in [0.4, 0.5) is 13.2 Å². The van der Waals surface area contributed by atoms with Gasteiger partial charge in [0.1, 0.15) is 29.2 Å². The van der Waals surface area contributed by atoms with Gasteiger partial charge in [0.05, 0.1) is 5.56 Å². The van der Waals surface area contributed by atoms with Crippen LogP contribution in [0.3, 0.4) is 0 Å². The molecule has 0 saturated heterocycles. The normalized spacial score (nSPS) is 10.3. The molecule has 0 heterocycles. The topological polar surface area (TPSA) is 56.8 Å². The molecular weight excluding hydrogens is 305 g/mol. The molecule has 2 aromatic rings. The summed E-state index contributed by atoms with van der Waals surface area (Å²) in [6, 6.07) is 14.3. The Kier molecular flexibility index (Phi) is 4.68. The van der Waals surface area contributed by atoms with Crippen LogP contribution in [0.1, 0.15) is 11.1 Å². The van der Waals surface area contributed by atoms with Crippen molar-refractivity contribution >= 4 is 6.08 Å². The maximum atomic E-state index is 12.7. The second-order valence-corrected chi connectivity index (χ2v) is 4.48. The second kappa shape index (κ2) is 6.67. The molecule has 0 aliphatic rings. The minimum atomic E-state index is -4.45. The first-order valence-corrected chi connectivity index (χ1v) is 6.39. The van der Waals surface area contributed by atoms with E-state index in [2.05, 4.69) is 0 Å². The first kappa shape index (κ1) is 16.1. The third-order valence-electron chi connectivity index (χ3n) is 2.81. The molecule has 114 valence electrons. The highest BCUT2D eigenvalue weighted by molar-refractivity contribution is 5.63. The zero-order valence-electron chi connectivity index (χ0n) is 11.6.